The smallest absolute Gasteiger partial charge is 0.319 e. The first-order chi connectivity index (χ1) is 22.1. The van der Waals surface area contributed by atoms with E-state index in [0.717, 1.165) is 39.3 Å². The Kier molecular flexibility index (Phi) is 9.92. The van der Waals surface area contributed by atoms with E-state index in [0.29, 0.717) is 29.6 Å². The fourth-order valence-electron chi connectivity index (χ4n) is 5.19. The summed E-state index contributed by atoms with van der Waals surface area (Å²) in [7, 11) is 0. The molecule has 6 rings (SSSR count). The lowest BCUT2D eigenvalue weighted by Crippen LogP contribution is -2.31. The van der Waals surface area contributed by atoms with E-state index in [4.69, 9.17) is 18.9 Å². The highest BCUT2D eigenvalue weighted by Crippen LogP contribution is 2.41. The second kappa shape index (κ2) is 14.6. The Hall–Kier alpha value is -4.41. The second-order valence-electron chi connectivity index (χ2n) is 10.7. The number of anilines is 1. The molecular weight excluding hydrogens is 586 g/mol. The molecule has 0 aliphatic carbocycles. The Morgan fingerprint density at radius 2 is 1.53 bits per heavy atom. The van der Waals surface area contributed by atoms with Crippen molar-refractivity contribution in [3.05, 3.63) is 126 Å². The lowest BCUT2D eigenvalue weighted by molar-refractivity contribution is -0.245. The first-order valence-electron chi connectivity index (χ1n) is 15.0. The normalized spacial score (nSPS) is 18.0. The van der Waals surface area contributed by atoms with Crippen molar-refractivity contribution in [2.45, 2.75) is 43.7 Å². The van der Waals surface area contributed by atoms with E-state index in [1.807, 2.05) is 116 Å². The van der Waals surface area contributed by atoms with Crippen LogP contribution in [0.4, 0.5) is 10.5 Å². The van der Waals surface area contributed by atoms with Gasteiger partial charge in [-0.1, -0.05) is 109 Å². The summed E-state index contributed by atoms with van der Waals surface area (Å²) in [6.45, 7) is 2.40. The number of carbonyl (C=O) groups is 1. The highest BCUT2D eigenvalue weighted by Gasteiger charge is 2.33. The minimum atomic E-state index is -0.616. The van der Waals surface area contributed by atoms with Gasteiger partial charge in [0.1, 0.15) is 5.69 Å². The van der Waals surface area contributed by atoms with Crippen LogP contribution in [-0.4, -0.2) is 34.5 Å². The molecule has 1 aliphatic rings. The number of oxazole rings is 1. The fraction of sp³-hybridized carbons (Fsp3) is 0.222. The van der Waals surface area contributed by atoms with Crippen molar-refractivity contribution in [1.29, 1.82) is 0 Å². The van der Waals surface area contributed by atoms with Crippen LogP contribution in [0.5, 0.6) is 0 Å². The SMILES string of the molecule is CCNC(=O)Nc1ccc(C2OC(CSc3nc(-c4ccccc4)c(-c4ccccc4)o3)CC(c3ccc(CO)cc3)O2)cc1. The molecular formula is C36H35N3O5S. The van der Waals surface area contributed by atoms with Gasteiger partial charge >= 0.3 is 6.03 Å². The molecule has 3 N–H and O–H groups in total. The van der Waals surface area contributed by atoms with Gasteiger partial charge in [-0.2, -0.15) is 0 Å². The van der Waals surface area contributed by atoms with E-state index in [2.05, 4.69) is 10.6 Å². The number of aromatic nitrogens is 1. The van der Waals surface area contributed by atoms with Crippen LogP contribution >= 0.6 is 11.8 Å². The van der Waals surface area contributed by atoms with Crippen LogP contribution in [0.15, 0.2) is 119 Å². The number of carbonyl (C=O) groups excluding carboxylic acids is 1. The fourth-order valence-corrected chi connectivity index (χ4v) is 6.03. The second-order valence-corrected chi connectivity index (χ2v) is 11.6. The number of urea groups is 1. The molecule has 2 amide bonds. The van der Waals surface area contributed by atoms with Crippen LogP contribution in [0, 0.1) is 0 Å². The number of aliphatic hydroxyl groups excluding tert-OH is 1. The van der Waals surface area contributed by atoms with Crippen molar-refractivity contribution in [3.8, 4) is 22.6 Å². The van der Waals surface area contributed by atoms with Gasteiger partial charge in [-0.25, -0.2) is 9.78 Å². The van der Waals surface area contributed by atoms with E-state index in [-0.39, 0.29) is 24.8 Å². The number of amides is 2. The molecule has 2 heterocycles. The minimum absolute atomic E-state index is 0.0143. The zero-order chi connectivity index (χ0) is 31.0. The molecule has 45 heavy (non-hydrogen) atoms. The van der Waals surface area contributed by atoms with Crippen LogP contribution in [0.25, 0.3) is 22.6 Å². The highest BCUT2D eigenvalue weighted by atomic mass is 32.2. The maximum absolute atomic E-state index is 12.0. The standard InChI is InChI=1S/C36H35N3O5S/c1-2-37-35(41)38-29-19-17-28(18-20-29)34-42-30(21-31(43-34)25-15-13-24(22-40)14-16-25)23-45-36-39-32(26-9-5-3-6-10-26)33(44-36)27-11-7-4-8-12-27/h3-20,30-31,34,40H,2,21-23H2,1H3,(H2,37,38,41). The van der Waals surface area contributed by atoms with Crippen LogP contribution in [0.2, 0.25) is 0 Å². The molecule has 230 valence electrons. The third-order valence-corrected chi connectivity index (χ3v) is 8.44. The highest BCUT2D eigenvalue weighted by molar-refractivity contribution is 7.99. The Balaban J connectivity index is 1.22. The van der Waals surface area contributed by atoms with E-state index in [1.54, 1.807) is 0 Å². The third kappa shape index (κ3) is 7.64. The molecule has 0 radical (unpaired) electrons. The number of aliphatic hydroxyl groups is 1. The summed E-state index contributed by atoms with van der Waals surface area (Å²) in [5, 5.41) is 15.7. The van der Waals surface area contributed by atoms with Crippen LogP contribution < -0.4 is 10.6 Å². The van der Waals surface area contributed by atoms with Crippen LogP contribution in [0.1, 0.15) is 42.4 Å². The maximum Gasteiger partial charge on any atom is 0.319 e. The number of rotatable bonds is 10. The van der Waals surface area contributed by atoms with E-state index in [9.17, 15) is 9.90 Å². The average molecular weight is 622 g/mol. The van der Waals surface area contributed by atoms with Crippen molar-refractivity contribution in [3.63, 3.8) is 0 Å². The molecule has 1 fully saturated rings. The van der Waals surface area contributed by atoms with Crippen molar-refractivity contribution < 1.29 is 23.8 Å². The molecule has 0 spiro atoms. The number of hydrogen-bond donors (Lipinski definition) is 3. The van der Waals surface area contributed by atoms with Gasteiger partial charge in [0.25, 0.3) is 5.22 Å². The first kappa shape index (κ1) is 30.6. The number of nitrogens with one attached hydrogen (secondary N) is 2. The summed E-state index contributed by atoms with van der Waals surface area (Å²) < 4.78 is 19.3. The van der Waals surface area contributed by atoms with Gasteiger partial charge in [-0.15, -0.1) is 0 Å². The van der Waals surface area contributed by atoms with Gasteiger partial charge in [-0.05, 0) is 30.2 Å². The molecule has 5 aromatic rings. The van der Waals surface area contributed by atoms with E-state index < -0.39 is 6.29 Å². The van der Waals surface area contributed by atoms with Gasteiger partial charge in [-0.3, -0.25) is 0 Å². The number of nitrogens with zero attached hydrogens (tertiary/aromatic N) is 1. The Morgan fingerprint density at radius 3 is 2.20 bits per heavy atom. The van der Waals surface area contributed by atoms with E-state index in [1.165, 1.54) is 11.8 Å². The van der Waals surface area contributed by atoms with Crippen molar-refractivity contribution in [2.75, 3.05) is 17.6 Å². The van der Waals surface area contributed by atoms with Crippen molar-refractivity contribution in [1.82, 2.24) is 10.3 Å². The summed E-state index contributed by atoms with van der Waals surface area (Å²) in [6, 6.07) is 35.1. The monoisotopic (exact) mass is 621 g/mol. The summed E-state index contributed by atoms with van der Waals surface area (Å²) in [6.07, 6.45) is -0.373. The lowest BCUT2D eigenvalue weighted by atomic mass is 10.0. The van der Waals surface area contributed by atoms with Gasteiger partial charge in [0, 0.05) is 41.1 Å². The molecule has 8 nitrogen and oxygen atoms in total. The van der Waals surface area contributed by atoms with Crippen molar-refractivity contribution >= 4 is 23.5 Å². The summed E-state index contributed by atoms with van der Waals surface area (Å²) in [4.78, 5) is 16.9. The molecule has 0 bridgehead atoms. The van der Waals surface area contributed by atoms with Gasteiger partial charge in [0.2, 0.25) is 0 Å². The molecule has 0 saturated carbocycles. The number of ether oxygens (including phenoxy) is 2. The Labute approximate surface area is 266 Å². The zero-order valence-electron chi connectivity index (χ0n) is 24.9. The van der Waals surface area contributed by atoms with Gasteiger partial charge in [0.15, 0.2) is 12.1 Å². The minimum Gasteiger partial charge on any atom is -0.431 e. The molecule has 1 aliphatic heterocycles. The van der Waals surface area contributed by atoms with Crippen LogP contribution in [0.3, 0.4) is 0 Å². The lowest BCUT2D eigenvalue weighted by Gasteiger charge is -2.36. The number of thioether (sulfide) groups is 1. The molecule has 4 aromatic carbocycles. The Morgan fingerprint density at radius 1 is 0.867 bits per heavy atom. The zero-order valence-corrected chi connectivity index (χ0v) is 25.7. The largest absolute Gasteiger partial charge is 0.431 e. The molecule has 9 heteroatoms. The molecule has 1 aromatic heterocycles. The third-order valence-electron chi connectivity index (χ3n) is 7.48. The average Bonchev–Trinajstić information content (AvgIpc) is 3.53. The number of hydrogen-bond acceptors (Lipinski definition) is 7. The van der Waals surface area contributed by atoms with Crippen molar-refractivity contribution in [2.24, 2.45) is 0 Å². The Bertz CT molecular complexity index is 1620. The molecule has 3 atom stereocenters. The molecule has 1 saturated heterocycles. The maximum atomic E-state index is 12.0. The van der Waals surface area contributed by atoms with E-state index >= 15 is 0 Å². The first-order valence-corrected chi connectivity index (χ1v) is 16.0. The summed E-state index contributed by atoms with van der Waals surface area (Å²) in [5.41, 5.74) is 6.14. The van der Waals surface area contributed by atoms with Crippen LogP contribution in [-0.2, 0) is 16.1 Å². The topological polar surface area (TPSA) is 106 Å². The molecule has 3 unspecified atom stereocenters. The summed E-state index contributed by atoms with van der Waals surface area (Å²) >= 11 is 1.52. The predicted octanol–water partition coefficient (Wildman–Crippen LogP) is 7.98. The predicted molar refractivity (Wildman–Crippen MR) is 176 cm³/mol. The van der Waals surface area contributed by atoms with Gasteiger partial charge in [0.05, 0.1) is 18.8 Å². The van der Waals surface area contributed by atoms with Gasteiger partial charge < -0.3 is 29.6 Å². The quantitative estimate of drug-likeness (QED) is 0.136. The summed E-state index contributed by atoms with van der Waals surface area (Å²) in [5.74, 6) is 1.34. The number of benzene rings is 4.